The first kappa shape index (κ1) is 15.1. The second-order valence-electron chi connectivity index (χ2n) is 4.78. The Bertz CT molecular complexity index is 534. The highest BCUT2D eigenvalue weighted by atomic mass is 32.2. The number of rotatable bonds is 6. The molecule has 0 fully saturated rings. The van der Waals surface area contributed by atoms with Crippen LogP contribution in [0.5, 0.6) is 0 Å². The summed E-state index contributed by atoms with van der Waals surface area (Å²) in [6, 6.07) is 8.55. The van der Waals surface area contributed by atoms with Crippen molar-refractivity contribution in [3.8, 4) is 11.4 Å². The number of nitrogens with zero attached hydrogens (tertiary/aromatic N) is 2. The number of likely N-dealkylation sites (N-methyl/N-ethyl adjacent to an activating group) is 1. The molecule has 0 bridgehead atoms. The highest BCUT2D eigenvalue weighted by molar-refractivity contribution is 7.98. The summed E-state index contributed by atoms with van der Waals surface area (Å²) in [7, 11) is 1.96. The van der Waals surface area contributed by atoms with Gasteiger partial charge in [-0.05, 0) is 44.0 Å². The summed E-state index contributed by atoms with van der Waals surface area (Å²) in [6.07, 6.45) is 3.09. The van der Waals surface area contributed by atoms with E-state index in [4.69, 9.17) is 4.52 Å². The highest BCUT2D eigenvalue weighted by Crippen LogP contribution is 2.24. The molecule has 1 heterocycles. The molecular weight excluding hydrogens is 270 g/mol. The summed E-state index contributed by atoms with van der Waals surface area (Å²) in [5.74, 6) is 1.55. The van der Waals surface area contributed by atoms with Gasteiger partial charge in [-0.15, -0.1) is 11.8 Å². The molecule has 0 amide bonds. The van der Waals surface area contributed by atoms with E-state index >= 15 is 0 Å². The molecule has 0 radical (unpaired) electrons. The van der Waals surface area contributed by atoms with Crippen LogP contribution in [-0.4, -0.2) is 29.5 Å². The summed E-state index contributed by atoms with van der Waals surface area (Å²) >= 11 is 1.72. The second kappa shape index (κ2) is 6.90. The SMILES string of the molecule is CCC(NC)C(C)c1nc(-c2ccc(SC)cc2)no1. The van der Waals surface area contributed by atoms with E-state index in [0.29, 0.717) is 17.8 Å². The Morgan fingerprint density at radius 3 is 2.55 bits per heavy atom. The number of benzene rings is 1. The quantitative estimate of drug-likeness (QED) is 0.825. The number of hydrogen-bond acceptors (Lipinski definition) is 5. The number of aromatic nitrogens is 2. The molecule has 5 heteroatoms. The third kappa shape index (κ3) is 3.22. The molecule has 0 saturated carbocycles. The Morgan fingerprint density at radius 2 is 2.00 bits per heavy atom. The van der Waals surface area contributed by atoms with Crippen molar-refractivity contribution in [2.75, 3.05) is 13.3 Å². The fraction of sp³-hybridized carbons (Fsp3) is 0.467. The van der Waals surface area contributed by atoms with Crippen molar-refractivity contribution < 1.29 is 4.52 Å². The summed E-state index contributed by atoms with van der Waals surface area (Å²) < 4.78 is 5.42. The van der Waals surface area contributed by atoms with E-state index in [1.54, 1.807) is 11.8 Å². The lowest BCUT2D eigenvalue weighted by atomic mass is 10.00. The minimum atomic E-state index is 0.205. The predicted molar refractivity (Wildman–Crippen MR) is 83.1 cm³/mol. The van der Waals surface area contributed by atoms with Crippen LogP contribution in [0.3, 0.4) is 0 Å². The van der Waals surface area contributed by atoms with Crippen LogP contribution in [0.1, 0.15) is 32.1 Å². The summed E-state index contributed by atoms with van der Waals surface area (Å²) in [5, 5.41) is 7.38. The molecule has 0 aliphatic carbocycles. The van der Waals surface area contributed by atoms with Crippen LogP contribution in [0, 0.1) is 0 Å². The lowest BCUT2D eigenvalue weighted by Gasteiger charge is -2.18. The van der Waals surface area contributed by atoms with Gasteiger partial charge in [-0.2, -0.15) is 4.98 Å². The lowest BCUT2D eigenvalue weighted by molar-refractivity contribution is 0.326. The van der Waals surface area contributed by atoms with Crippen molar-refractivity contribution in [2.45, 2.75) is 37.1 Å². The fourth-order valence-corrected chi connectivity index (χ4v) is 2.67. The second-order valence-corrected chi connectivity index (χ2v) is 5.66. The Kier molecular flexibility index (Phi) is 5.20. The van der Waals surface area contributed by atoms with Crippen molar-refractivity contribution in [1.82, 2.24) is 15.5 Å². The van der Waals surface area contributed by atoms with E-state index in [1.807, 2.05) is 19.2 Å². The van der Waals surface area contributed by atoms with Gasteiger partial charge < -0.3 is 9.84 Å². The molecule has 1 aromatic heterocycles. The first-order chi connectivity index (χ1) is 9.69. The standard InChI is InChI=1S/C15H21N3OS/c1-5-13(16-3)10(2)15-17-14(18-19-15)11-6-8-12(20-4)9-7-11/h6-10,13,16H,5H2,1-4H3. The minimum Gasteiger partial charge on any atom is -0.339 e. The molecule has 2 unspecified atom stereocenters. The molecule has 1 aromatic carbocycles. The Morgan fingerprint density at radius 1 is 1.30 bits per heavy atom. The van der Waals surface area contributed by atoms with Crippen molar-refractivity contribution in [1.29, 1.82) is 0 Å². The molecule has 1 N–H and O–H groups in total. The molecule has 0 aliphatic rings. The molecule has 2 atom stereocenters. The summed E-state index contributed by atoms with van der Waals surface area (Å²) in [6.45, 7) is 4.26. The number of nitrogens with one attached hydrogen (secondary N) is 1. The molecule has 0 aliphatic heterocycles. The number of hydrogen-bond donors (Lipinski definition) is 1. The van der Waals surface area contributed by atoms with Gasteiger partial charge in [0, 0.05) is 16.5 Å². The fourth-order valence-electron chi connectivity index (χ4n) is 2.26. The van der Waals surface area contributed by atoms with Gasteiger partial charge in [-0.3, -0.25) is 0 Å². The Balaban J connectivity index is 2.19. The van der Waals surface area contributed by atoms with Gasteiger partial charge in [-0.1, -0.05) is 19.0 Å². The van der Waals surface area contributed by atoms with Crippen LogP contribution in [0.4, 0.5) is 0 Å². The van der Waals surface area contributed by atoms with Gasteiger partial charge in [0.05, 0.1) is 5.92 Å². The minimum absolute atomic E-state index is 0.205. The zero-order valence-corrected chi connectivity index (χ0v) is 13.2. The first-order valence-electron chi connectivity index (χ1n) is 6.84. The molecule has 108 valence electrons. The Labute approximate surface area is 124 Å². The average molecular weight is 291 g/mol. The predicted octanol–water partition coefficient (Wildman–Crippen LogP) is 3.56. The molecule has 2 aromatic rings. The molecule has 2 rings (SSSR count). The van der Waals surface area contributed by atoms with Crippen LogP contribution in [0.15, 0.2) is 33.7 Å². The number of thioether (sulfide) groups is 1. The maximum absolute atomic E-state index is 5.42. The van der Waals surface area contributed by atoms with Crippen molar-refractivity contribution in [3.63, 3.8) is 0 Å². The Hall–Kier alpha value is -1.33. The van der Waals surface area contributed by atoms with Crippen molar-refractivity contribution >= 4 is 11.8 Å². The van der Waals surface area contributed by atoms with Gasteiger partial charge in [0.15, 0.2) is 0 Å². The van der Waals surface area contributed by atoms with E-state index in [2.05, 4.69) is 47.7 Å². The zero-order chi connectivity index (χ0) is 14.5. The maximum atomic E-state index is 5.42. The largest absolute Gasteiger partial charge is 0.339 e. The van der Waals surface area contributed by atoms with Gasteiger partial charge >= 0.3 is 0 Å². The van der Waals surface area contributed by atoms with Crippen LogP contribution >= 0.6 is 11.8 Å². The first-order valence-corrected chi connectivity index (χ1v) is 8.07. The van der Waals surface area contributed by atoms with Gasteiger partial charge in [0.25, 0.3) is 0 Å². The van der Waals surface area contributed by atoms with Crippen LogP contribution in [0.2, 0.25) is 0 Å². The summed E-state index contributed by atoms with van der Waals surface area (Å²) in [5.41, 5.74) is 0.988. The van der Waals surface area contributed by atoms with Crippen LogP contribution in [0.25, 0.3) is 11.4 Å². The van der Waals surface area contributed by atoms with E-state index < -0.39 is 0 Å². The van der Waals surface area contributed by atoms with Gasteiger partial charge in [0.2, 0.25) is 11.7 Å². The maximum Gasteiger partial charge on any atom is 0.231 e. The van der Waals surface area contributed by atoms with Crippen molar-refractivity contribution in [3.05, 3.63) is 30.2 Å². The average Bonchev–Trinajstić information content (AvgIpc) is 2.98. The lowest BCUT2D eigenvalue weighted by Crippen LogP contribution is -2.30. The van der Waals surface area contributed by atoms with Gasteiger partial charge in [0.1, 0.15) is 0 Å². The van der Waals surface area contributed by atoms with Crippen LogP contribution in [-0.2, 0) is 0 Å². The van der Waals surface area contributed by atoms with E-state index in [-0.39, 0.29) is 5.92 Å². The molecule has 4 nitrogen and oxygen atoms in total. The highest BCUT2D eigenvalue weighted by Gasteiger charge is 2.21. The van der Waals surface area contributed by atoms with Crippen LogP contribution < -0.4 is 5.32 Å². The normalized spacial score (nSPS) is 14.2. The van der Waals surface area contributed by atoms with Gasteiger partial charge in [-0.25, -0.2) is 0 Å². The topological polar surface area (TPSA) is 51.0 Å². The molecule has 20 heavy (non-hydrogen) atoms. The molecular formula is C15H21N3OS. The third-order valence-electron chi connectivity index (χ3n) is 3.59. The smallest absolute Gasteiger partial charge is 0.231 e. The monoisotopic (exact) mass is 291 g/mol. The van der Waals surface area contributed by atoms with E-state index in [1.165, 1.54) is 4.90 Å². The zero-order valence-electron chi connectivity index (χ0n) is 12.4. The van der Waals surface area contributed by atoms with E-state index in [0.717, 1.165) is 12.0 Å². The summed E-state index contributed by atoms with van der Waals surface area (Å²) in [4.78, 5) is 5.76. The molecule has 0 saturated heterocycles. The third-order valence-corrected chi connectivity index (χ3v) is 4.34. The van der Waals surface area contributed by atoms with Crippen molar-refractivity contribution in [2.24, 2.45) is 0 Å². The van der Waals surface area contributed by atoms with E-state index in [9.17, 15) is 0 Å². The molecule has 0 spiro atoms.